The summed E-state index contributed by atoms with van der Waals surface area (Å²) < 4.78 is 0. The van der Waals surface area contributed by atoms with Gasteiger partial charge < -0.3 is 0 Å². The Labute approximate surface area is 147 Å². The molecule has 0 aliphatic carbocycles. The Morgan fingerprint density at radius 2 is 1.83 bits per heavy atom. The molecule has 0 saturated heterocycles. The zero-order valence-corrected chi connectivity index (χ0v) is 14.7. The summed E-state index contributed by atoms with van der Waals surface area (Å²) in [7, 11) is 0. The van der Waals surface area contributed by atoms with E-state index in [-0.39, 0.29) is 0 Å². The summed E-state index contributed by atoms with van der Waals surface area (Å²) in [5.41, 5.74) is 4.53. The van der Waals surface area contributed by atoms with Crippen molar-refractivity contribution < 1.29 is 0 Å². The average molecular weight is 344 g/mol. The van der Waals surface area contributed by atoms with Gasteiger partial charge in [-0.25, -0.2) is 0 Å². The second kappa shape index (κ2) is 7.33. The van der Waals surface area contributed by atoms with Crippen molar-refractivity contribution in [3.05, 3.63) is 64.3 Å². The third-order valence-corrected chi connectivity index (χ3v) is 4.80. The van der Waals surface area contributed by atoms with E-state index in [0.717, 1.165) is 23.1 Å². The van der Waals surface area contributed by atoms with Crippen molar-refractivity contribution in [2.45, 2.75) is 32.6 Å². The van der Waals surface area contributed by atoms with Crippen molar-refractivity contribution in [3.63, 3.8) is 0 Å². The minimum Gasteiger partial charge on any atom is -0.256 e. The third-order valence-electron chi connectivity index (χ3n) is 4.06. The molecule has 1 heterocycles. The van der Waals surface area contributed by atoms with Crippen molar-refractivity contribution in [1.29, 1.82) is 0 Å². The van der Waals surface area contributed by atoms with Crippen LogP contribution < -0.4 is 0 Å². The van der Waals surface area contributed by atoms with Crippen molar-refractivity contribution in [3.8, 4) is 11.1 Å². The number of nitrogens with zero attached hydrogens (tertiary/aromatic N) is 1. The van der Waals surface area contributed by atoms with Gasteiger partial charge >= 0.3 is 0 Å². The fraction of sp³-hybridized carbons (Fsp3) is 0.250. The highest BCUT2D eigenvalue weighted by molar-refractivity contribution is 6.42. The van der Waals surface area contributed by atoms with Gasteiger partial charge in [0.2, 0.25) is 0 Å². The zero-order chi connectivity index (χ0) is 16.2. The highest BCUT2D eigenvalue weighted by Gasteiger charge is 2.09. The second-order valence-corrected chi connectivity index (χ2v) is 6.62. The van der Waals surface area contributed by atoms with E-state index in [4.69, 9.17) is 23.2 Å². The van der Waals surface area contributed by atoms with Crippen LogP contribution in [0, 0.1) is 0 Å². The van der Waals surface area contributed by atoms with Crippen molar-refractivity contribution >= 4 is 34.1 Å². The van der Waals surface area contributed by atoms with Crippen LogP contribution in [0.2, 0.25) is 10.0 Å². The fourth-order valence-corrected chi connectivity index (χ4v) is 3.16. The van der Waals surface area contributed by atoms with E-state index in [1.807, 2.05) is 30.5 Å². The summed E-state index contributed by atoms with van der Waals surface area (Å²) in [5.74, 6) is 0. The van der Waals surface area contributed by atoms with E-state index >= 15 is 0 Å². The number of pyridine rings is 1. The Morgan fingerprint density at radius 1 is 0.957 bits per heavy atom. The molecule has 118 valence electrons. The molecule has 1 aromatic heterocycles. The quantitative estimate of drug-likeness (QED) is 0.457. The first-order valence-electron chi connectivity index (χ1n) is 8.02. The third kappa shape index (κ3) is 3.68. The first-order valence-corrected chi connectivity index (χ1v) is 8.77. The lowest BCUT2D eigenvalue weighted by Crippen LogP contribution is -1.91. The lowest BCUT2D eigenvalue weighted by Gasteiger charge is -2.11. The largest absolute Gasteiger partial charge is 0.256 e. The Hall–Kier alpha value is -1.57. The maximum atomic E-state index is 6.20. The molecular formula is C20H19Cl2N. The molecule has 0 fully saturated rings. The molecule has 3 heteroatoms. The highest BCUT2D eigenvalue weighted by atomic mass is 35.5. The van der Waals surface area contributed by atoms with Crippen LogP contribution in [0.3, 0.4) is 0 Å². The van der Waals surface area contributed by atoms with E-state index in [0.29, 0.717) is 10.0 Å². The van der Waals surface area contributed by atoms with Crippen molar-refractivity contribution in [2.24, 2.45) is 0 Å². The normalized spacial score (nSPS) is 11.1. The Balaban J connectivity index is 2.11. The summed E-state index contributed by atoms with van der Waals surface area (Å²) in [6.45, 7) is 2.23. The molecule has 0 N–H and O–H groups in total. The maximum absolute atomic E-state index is 6.20. The summed E-state index contributed by atoms with van der Waals surface area (Å²) in [5, 5.41) is 2.32. The van der Waals surface area contributed by atoms with Crippen LogP contribution in [-0.2, 0) is 6.42 Å². The van der Waals surface area contributed by atoms with Gasteiger partial charge in [0.25, 0.3) is 0 Å². The van der Waals surface area contributed by atoms with Crippen LogP contribution in [0.15, 0.2) is 48.7 Å². The van der Waals surface area contributed by atoms with Gasteiger partial charge in [0.15, 0.2) is 0 Å². The van der Waals surface area contributed by atoms with E-state index in [1.165, 1.54) is 30.2 Å². The van der Waals surface area contributed by atoms with Gasteiger partial charge in [0, 0.05) is 17.1 Å². The Bertz CT molecular complexity index is 827. The van der Waals surface area contributed by atoms with Gasteiger partial charge in [-0.05, 0) is 54.3 Å². The molecule has 0 radical (unpaired) electrons. The molecular weight excluding hydrogens is 325 g/mol. The summed E-state index contributed by atoms with van der Waals surface area (Å²) >= 11 is 12.3. The average Bonchev–Trinajstić information content (AvgIpc) is 2.57. The SMILES string of the molecule is CCCCCc1cc(-c2ccc(Cl)c(Cl)c2)c2ncccc2c1. The maximum Gasteiger partial charge on any atom is 0.0780 e. The predicted octanol–water partition coefficient (Wildman–Crippen LogP) is 6.94. The van der Waals surface area contributed by atoms with Crippen LogP contribution in [0.4, 0.5) is 0 Å². The molecule has 0 unspecified atom stereocenters. The fourth-order valence-electron chi connectivity index (χ4n) is 2.86. The van der Waals surface area contributed by atoms with Crippen LogP contribution in [-0.4, -0.2) is 4.98 Å². The molecule has 0 spiro atoms. The van der Waals surface area contributed by atoms with Crippen LogP contribution in [0.1, 0.15) is 31.7 Å². The standard InChI is InChI=1S/C20H19Cl2N/c1-2-3-4-6-14-11-16-7-5-10-23-20(16)17(12-14)15-8-9-18(21)19(22)13-15/h5,7-13H,2-4,6H2,1H3. The first-order chi connectivity index (χ1) is 11.2. The Kier molecular flexibility index (Phi) is 5.20. The number of fused-ring (bicyclic) bond motifs is 1. The van der Waals surface area contributed by atoms with Gasteiger partial charge in [-0.2, -0.15) is 0 Å². The zero-order valence-electron chi connectivity index (χ0n) is 13.2. The van der Waals surface area contributed by atoms with Gasteiger partial charge in [-0.3, -0.25) is 4.98 Å². The number of hydrogen-bond acceptors (Lipinski definition) is 1. The van der Waals surface area contributed by atoms with E-state index in [2.05, 4.69) is 30.1 Å². The first kappa shape index (κ1) is 16.3. The molecule has 2 aromatic carbocycles. The molecule has 3 aromatic rings. The lowest BCUT2D eigenvalue weighted by atomic mass is 9.96. The van der Waals surface area contributed by atoms with Gasteiger partial charge in [-0.1, -0.05) is 55.1 Å². The summed E-state index contributed by atoms with van der Waals surface area (Å²) in [4.78, 5) is 4.57. The molecule has 0 bridgehead atoms. The number of rotatable bonds is 5. The number of halogens is 2. The number of hydrogen-bond donors (Lipinski definition) is 0. The van der Waals surface area contributed by atoms with Gasteiger partial charge in [0.1, 0.15) is 0 Å². The predicted molar refractivity (Wildman–Crippen MR) is 100 cm³/mol. The molecule has 0 atom stereocenters. The molecule has 3 rings (SSSR count). The van der Waals surface area contributed by atoms with Crippen molar-refractivity contribution in [1.82, 2.24) is 4.98 Å². The van der Waals surface area contributed by atoms with Crippen LogP contribution >= 0.6 is 23.2 Å². The molecule has 23 heavy (non-hydrogen) atoms. The molecule has 1 nitrogen and oxygen atoms in total. The molecule has 0 amide bonds. The van der Waals surface area contributed by atoms with E-state index in [1.54, 1.807) is 0 Å². The lowest BCUT2D eigenvalue weighted by molar-refractivity contribution is 0.718. The van der Waals surface area contributed by atoms with Crippen LogP contribution in [0.25, 0.3) is 22.0 Å². The second-order valence-electron chi connectivity index (χ2n) is 5.80. The summed E-state index contributed by atoms with van der Waals surface area (Å²) in [6, 6.07) is 14.4. The highest BCUT2D eigenvalue weighted by Crippen LogP contribution is 2.33. The van der Waals surface area contributed by atoms with Crippen LogP contribution in [0.5, 0.6) is 0 Å². The van der Waals surface area contributed by atoms with Gasteiger partial charge in [-0.15, -0.1) is 0 Å². The van der Waals surface area contributed by atoms with E-state index < -0.39 is 0 Å². The van der Waals surface area contributed by atoms with Crippen molar-refractivity contribution in [2.75, 3.05) is 0 Å². The monoisotopic (exact) mass is 343 g/mol. The summed E-state index contributed by atoms with van der Waals surface area (Å²) in [6.07, 6.45) is 6.62. The molecule has 0 aliphatic heterocycles. The van der Waals surface area contributed by atoms with Gasteiger partial charge in [0.05, 0.1) is 15.6 Å². The number of unbranched alkanes of at least 4 members (excludes halogenated alkanes) is 2. The van der Waals surface area contributed by atoms with E-state index in [9.17, 15) is 0 Å². The number of benzene rings is 2. The minimum atomic E-state index is 0.574. The molecule has 0 aliphatic rings. The minimum absolute atomic E-state index is 0.574. The smallest absolute Gasteiger partial charge is 0.0780 e. The topological polar surface area (TPSA) is 12.9 Å². The number of aryl methyl sites for hydroxylation is 1. The Morgan fingerprint density at radius 3 is 2.61 bits per heavy atom. The number of aromatic nitrogens is 1. The molecule has 0 saturated carbocycles.